The second kappa shape index (κ2) is 8.14. The van der Waals surface area contributed by atoms with Crippen LogP contribution in [0.5, 0.6) is 0 Å². The highest BCUT2D eigenvalue weighted by Gasteiger charge is 2.01. The molecule has 0 unspecified atom stereocenters. The van der Waals surface area contributed by atoms with Crippen molar-refractivity contribution in [2.75, 3.05) is 23.9 Å². The number of hydrogen-bond donors (Lipinski definition) is 2. The highest BCUT2D eigenvalue weighted by Crippen LogP contribution is 2.11. The van der Waals surface area contributed by atoms with Gasteiger partial charge in [-0.2, -0.15) is 11.8 Å². The van der Waals surface area contributed by atoms with Gasteiger partial charge in [-0.15, -0.1) is 0 Å². The molecule has 0 spiro atoms. The first-order valence-electron chi connectivity index (χ1n) is 5.75. The number of aliphatic hydroxyl groups is 1. The molecule has 94 valence electrons. The summed E-state index contributed by atoms with van der Waals surface area (Å²) in [5.41, 5.74) is 2.02. The van der Waals surface area contributed by atoms with Crippen LogP contribution in [0.2, 0.25) is 0 Å². The zero-order valence-corrected chi connectivity index (χ0v) is 10.9. The van der Waals surface area contributed by atoms with Crippen molar-refractivity contribution < 1.29 is 9.90 Å². The number of thioether (sulfide) groups is 1. The molecule has 1 amide bonds. The molecular formula is C13H19NO2S. The molecule has 3 nitrogen and oxygen atoms in total. The molecule has 0 aliphatic rings. The van der Waals surface area contributed by atoms with Crippen LogP contribution in [0.15, 0.2) is 24.3 Å². The van der Waals surface area contributed by atoms with Crippen molar-refractivity contribution in [3.8, 4) is 0 Å². The maximum absolute atomic E-state index is 11.5. The van der Waals surface area contributed by atoms with Gasteiger partial charge in [0.2, 0.25) is 5.91 Å². The maximum atomic E-state index is 11.5. The number of carbonyl (C=O) groups is 1. The van der Waals surface area contributed by atoms with Gasteiger partial charge >= 0.3 is 0 Å². The van der Waals surface area contributed by atoms with Crippen LogP contribution < -0.4 is 5.32 Å². The highest BCUT2D eigenvalue weighted by atomic mass is 32.2. The summed E-state index contributed by atoms with van der Waals surface area (Å²) in [6, 6.07) is 7.78. The molecule has 0 fully saturated rings. The number of aliphatic hydroxyl groups excluding tert-OH is 1. The van der Waals surface area contributed by atoms with Crippen molar-refractivity contribution in [2.45, 2.75) is 19.3 Å². The summed E-state index contributed by atoms with van der Waals surface area (Å²) >= 11 is 1.67. The van der Waals surface area contributed by atoms with Gasteiger partial charge in [-0.1, -0.05) is 12.1 Å². The Hall–Kier alpha value is -1.00. The van der Waals surface area contributed by atoms with Crippen molar-refractivity contribution in [3.05, 3.63) is 29.8 Å². The van der Waals surface area contributed by atoms with E-state index in [1.807, 2.05) is 30.5 Å². The van der Waals surface area contributed by atoms with E-state index in [0.717, 1.165) is 24.3 Å². The number of nitrogens with one attached hydrogen (secondary N) is 1. The summed E-state index contributed by atoms with van der Waals surface area (Å²) in [7, 11) is 0. The Kier molecular flexibility index (Phi) is 6.74. The zero-order valence-electron chi connectivity index (χ0n) is 10.1. The first-order valence-corrected chi connectivity index (χ1v) is 7.14. The monoisotopic (exact) mass is 253 g/mol. The van der Waals surface area contributed by atoms with Crippen LogP contribution in [0.1, 0.15) is 18.4 Å². The lowest BCUT2D eigenvalue weighted by atomic mass is 10.1. The van der Waals surface area contributed by atoms with E-state index in [0.29, 0.717) is 6.42 Å². The van der Waals surface area contributed by atoms with Crippen LogP contribution in [0, 0.1) is 0 Å². The van der Waals surface area contributed by atoms with Crippen molar-refractivity contribution in [2.24, 2.45) is 0 Å². The van der Waals surface area contributed by atoms with Gasteiger partial charge in [-0.25, -0.2) is 0 Å². The summed E-state index contributed by atoms with van der Waals surface area (Å²) in [6.45, 7) is 0.215. The highest BCUT2D eigenvalue weighted by molar-refractivity contribution is 7.98. The Bertz CT molecular complexity index is 338. The second-order valence-electron chi connectivity index (χ2n) is 3.82. The van der Waals surface area contributed by atoms with Crippen LogP contribution >= 0.6 is 11.8 Å². The first kappa shape index (κ1) is 14.1. The van der Waals surface area contributed by atoms with E-state index in [-0.39, 0.29) is 12.5 Å². The molecule has 0 saturated heterocycles. The van der Waals surface area contributed by atoms with Gasteiger partial charge in [0.15, 0.2) is 0 Å². The molecule has 2 N–H and O–H groups in total. The predicted octanol–water partition coefficient (Wildman–Crippen LogP) is 2.30. The first-order chi connectivity index (χ1) is 8.26. The van der Waals surface area contributed by atoms with E-state index in [9.17, 15) is 4.79 Å². The van der Waals surface area contributed by atoms with Crippen molar-refractivity contribution in [3.63, 3.8) is 0 Å². The van der Waals surface area contributed by atoms with E-state index >= 15 is 0 Å². The summed E-state index contributed by atoms with van der Waals surface area (Å²) in [5.74, 6) is 0.905. The molecule has 0 radical (unpaired) electrons. The van der Waals surface area contributed by atoms with Crippen LogP contribution in [0.3, 0.4) is 0 Å². The standard InChI is InChI=1S/C13H19NO2S/c1-17-10-8-13(16)14-12-6-4-11(5-7-12)3-2-9-15/h4-7,15H,2-3,8-10H2,1H3,(H,14,16). The normalized spacial score (nSPS) is 10.2. The number of aryl methyl sites for hydroxylation is 1. The van der Waals surface area contributed by atoms with E-state index in [4.69, 9.17) is 5.11 Å². The molecule has 4 heteroatoms. The van der Waals surface area contributed by atoms with E-state index < -0.39 is 0 Å². The van der Waals surface area contributed by atoms with Crippen LogP contribution in [0.25, 0.3) is 0 Å². The van der Waals surface area contributed by atoms with Gasteiger partial charge in [0.05, 0.1) is 0 Å². The van der Waals surface area contributed by atoms with Gasteiger partial charge in [-0.3, -0.25) is 4.79 Å². The third kappa shape index (κ3) is 5.75. The topological polar surface area (TPSA) is 49.3 Å². The maximum Gasteiger partial charge on any atom is 0.225 e. The quantitative estimate of drug-likeness (QED) is 0.784. The van der Waals surface area contributed by atoms with Gasteiger partial charge < -0.3 is 10.4 Å². The fraction of sp³-hybridized carbons (Fsp3) is 0.462. The van der Waals surface area contributed by atoms with E-state index in [2.05, 4.69) is 5.32 Å². The summed E-state index contributed by atoms with van der Waals surface area (Å²) < 4.78 is 0. The number of benzene rings is 1. The van der Waals surface area contributed by atoms with Gasteiger partial charge in [0, 0.05) is 24.5 Å². The minimum Gasteiger partial charge on any atom is -0.396 e. The smallest absolute Gasteiger partial charge is 0.225 e. The number of hydrogen-bond acceptors (Lipinski definition) is 3. The van der Waals surface area contributed by atoms with Gasteiger partial charge in [0.25, 0.3) is 0 Å². The molecule has 0 aromatic heterocycles. The lowest BCUT2D eigenvalue weighted by molar-refractivity contribution is -0.115. The van der Waals surface area contributed by atoms with Crippen LogP contribution in [0.4, 0.5) is 5.69 Å². The molecular weight excluding hydrogens is 234 g/mol. The lowest BCUT2D eigenvalue weighted by Crippen LogP contribution is -2.12. The molecule has 0 heterocycles. The minimum atomic E-state index is 0.0578. The molecule has 1 aromatic carbocycles. The average molecular weight is 253 g/mol. The zero-order chi connectivity index (χ0) is 12.5. The van der Waals surface area contributed by atoms with Crippen molar-refractivity contribution in [1.29, 1.82) is 0 Å². The summed E-state index contributed by atoms with van der Waals surface area (Å²) in [4.78, 5) is 11.5. The molecule has 0 atom stereocenters. The Morgan fingerprint density at radius 3 is 2.65 bits per heavy atom. The second-order valence-corrected chi connectivity index (χ2v) is 4.80. The van der Waals surface area contributed by atoms with Gasteiger partial charge in [0.1, 0.15) is 0 Å². The van der Waals surface area contributed by atoms with Crippen LogP contribution in [-0.2, 0) is 11.2 Å². The van der Waals surface area contributed by atoms with Gasteiger partial charge in [-0.05, 0) is 36.8 Å². The minimum absolute atomic E-state index is 0.0578. The Labute approximate surface area is 107 Å². The molecule has 0 saturated carbocycles. The Balaban J connectivity index is 2.42. The fourth-order valence-corrected chi connectivity index (χ4v) is 1.85. The molecule has 17 heavy (non-hydrogen) atoms. The molecule has 0 aliphatic heterocycles. The summed E-state index contributed by atoms with van der Waals surface area (Å²) in [6.07, 6.45) is 4.19. The predicted molar refractivity (Wildman–Crippen MR) is 73.5 cm³/mol. The molecule has 1 aromatic rings. The van der Waals surface area contributed by atoms with E-state index in [1.165, 1.54) is 5.56 Å². The number of amides is 1. The van der Waals surface area contributed by atoms with Crippen molar-refractivity contribution in [1.82, 2.24) is 0 Å². The number of carbonyl (C=O) groups excluding carboxylic acids is 1. The Morgan fingerprint density at radius 1 is 1.35 bits per heavy atom. The number of rotatable bonds is 7. The molecule has 0 aliphatic carbocycles. The third-order valence-corrected chi connectivity index (χ3v) is 3.01. The molecule has 1 rings (SSSR count). The van der Waals surface area contributed by atoms with E-state index in [1.54, 1.807) is 11.8 Å². The number of anilines is 1. The average Bonchev–Trinajstić information content (AvgIpc) is 2.35. The lowest BCUT2D eigenvalue weighted by Gasteiger charge is -2.06. The van der Waals surface area contributed by atoms with Crippen molar-refractivity contribution >= 4 is 23.4 Å². The SMILES string of the molecule is CSCCC(=O)Nc1ccc(CCCO)cc1. The third-order valence-electron chi connectivity index (χ3n) is 2.39. The summed E-state index contributed by atoms with van der Waals surface area (Å²) in [5, 5.41) is 11.6. The van der Waals surface area contributed by atoms with Crippen LogP contribution in [-0.4, -0.2) is 29.6 Å². The fourth-order valence-electron chi connectivity index (χ4n) is 1.46. The Morgan fingerprint density at radius 2 is 2.06 bits per heavy atom. The molecule has 0 bridgehead atoms. The largest absolute Gasteiger partial charge is 0.396 e.